The Morgan fingerprint density at radius 1 is 1.00 bits per heavy atom. The number of nitrogens with zero attached hydrogens (tertiary/aromatic N) is 2. The molecule has 3 atom stereocenters. The van der Waals surface area contributed by atoms with Gasteiger partial charge in [0.1, 0.15) is 5.75 Å². The van der Waals surface area contributed by atoms with Crippen LogP contribution < -0.4 is 4.74 Å². The fourth-order valence-corrected chi connectivity index (χ4v) is 3.81. The molecule has 1 unspecified atom stereocenters. The summed E-state index contributed by atoms with van der Waals surface area (Å²) in [6.07, 6.45) is 2.88. The molecule has 0 spiro atoms. The van der Waals surface area contributed by atoms with E-state index in [2.05, 4.69) is 0 Å². The largest absolute Gasteiger partial charge is 0.497 e. The van der Waals surface area contributed by atoms with Gasteiger partial charge in [-0.05, 0) is 37.0 Å². The Morgan fingerprint density at radius 3 is 2.03 bits per heavy atom. The highest BCUT2D eigenvalue weighted by atomic mass is 16.5. The fraction of sp³-hybridized carbons (Fsp3) is 0.565. The molecule has 1 aliphatic rings. The molecular weight excluding hydrogens is 384 g/mol. The smallest absolute Gasteiger partial charge is 0.329 e. The Hall–Kier alpha value is -3.06. The summed E-state index contributed by atoms with van der Waals surface area (Å²) in [6.45, 7) is 4.16. The van der Waals surface area contributed by atoms with Crippen molar-refractivity contribution in [3.63, 3.8) is 0 Å². The van der Waals surface area contributed by atoms with Crippen LogP contribution in [0.1, 0.15) is 57.4 Å². The third kappa shape index (κ3) is 3.85. The summed E-state index contributed by atoms with van der Waals surface area (Å²) >= 11 is 0. The second-order valence-electron chi connectivity index (χ2n) is 7.45. The molecule has 0 bridgehead atoms. The molecule has 1 saturated carbocycles. The van der Waals surface area contributed by atoms with Gasteiger partial charge in [0, 0.05) is 5.92 Å². The summed E-state index contributed by atoms with van der Waals surface area (Å²) in [5.74, 6) is -1.73. The maximum Gasteiger partial charge on any atom is 0.329 e. The summed E-state index contributed by atoms with van der Waals surface area (Å²) in [6, 6.07) is 10.9. The number of rotatable bonds is 10. The van der Waals surface area contributed by atoms with Crippen LogP contribution in [0.4, 0.5) is 0 Å². The molecule has 7 heteroatoms. The van der Waals surface area contributed by atoms with Crippen LogP contribution in [0.15, 0.2) is 24.3 Å². The van der Waals surface area contributed by atoms with Crippen molar-refractivity contribution in [3.8, 4) is 17.9 Å². The lowest BCUT2D eigenvalue weighted by molar-refractivity contribution is -0.187. The zero-order valence-electron chi connectivity index (χ0n) is 17.8. The van der Waals surface area contributed by atoms with Gasteiger partial charge in [-0.2, -0.15) is 10.5 Å². The normalized spacial score (nSPS) is 24.6. The van der Waals surface area contributed by atoms with Crippen LogP contribution in [0.2, 0.25) is 0 Å². The van der Waals surface area contributed by atoms with Gasteiger partial charge in [-0.1, -0.05) is 38.8 Å². The van der Waals surface area contributed by atoms with Crippen molar-refractivity contribution in [2.45, 2.75) is 51.9 Å². The van der Waals surface area contributed by atoms with Crippen LogP contribution in [-0.4, -0.2) is 32.3 Å². The molecule has 1 aromatic carbocycles. The van der Waals surface area contributed by atoms with Crippen LogP contribution >= 0.6 is 0 Å². The minimum atomic E-state index is -1.96. The monoisotopic (exact) mass is 412 g/mol. The number of esters is 2. The number of ether oxygens (including phenoxy) is 3. The minimum absolute atomic E-state index is 0.0111. The molecule has 1 aromatic rings. The predicted octanol–water partition coefficient (Wildman–Crippen LogP) is 3.89. The van der Waals surface area contributed by atoms with Crippen molar-refractivity contribution in [2.24, 2.45) is 10.8 Å². The number of methoxy groups -OCH3 is 1. The van der Waals surface area contributed by atoms with Gasteiger partial charge < -0.3 is 14.2 Å². The first kappa shape index (κ1) is 23.2. The summed E-state index contributed by atoms with van der Waals surface area (Å²) in [4.78, 5) is 26.1. The third-order valence-electron chi connectivity index (χ3n) is 5.72. The maximum absolute atomic E-state index is 13.1. The highest BCUT2D eigenvalue weighted by molar-refractivity contribution is 5.96. The molecule has 0 amide bonds. The molecular formula is C23H28N2O5. The number of hydrogen-bond acceptors (Lipinski definition) is 7. The lowest BCUT2D eigenvalue weighted by atomic mass is 9.43. The first-order valence-electron chi connectivity index (χ1n) is 10.3. The number of nitriles is 2. The van der Waals surface area contributed by atoms with E-state index in [1.54, 1.807) is 24.3 Å². The van der Waals surface area contributed by atoms with Crippen LogP contribution in [-0.2, 0) is 19.1 Å². The highest BCUT2D eigenvalue weighted by Crippen LogP contribution is 2.66. The van der Waals surface area contributed by atoms with Gasteiger partial charge in [0.2, 0.25) is 0 Å². The predicted molar refractivity (Wildman–Crippen MR) is 108 cm³/mol. The van der Waals surface area contributed by atoms with Crippen molar-refractivity contribution < 1.29 is 23.8 Å². The number of unbranched alkanes of at least 4 members (excludes halogenated alkanes) is 2. The number of hydrogen-bond donors (Lipinski definition) is 0. The second kappa shape index (κ2) is 10.1. The summed E-state index contributed by atoms with van der Waals surface area (Å²) in [5, 5.41) is 20.1. The third-order valence-corrected chi connectivity index (χ3v) is 5.72. The standard InChI is InChI=1S/C23H28N2O5/c1-4-6-12-29-20(26)22(15-24)14-19(17-8-10-18(28-3)11-9-17)23(22,16-25)21(27)30-13-7-5-2/h8-11,19H,4-7,12-14H2,1-3H3/t19?,22-,23+/m1/s1. The van der Waals surface area contributed by atoms with Gasteiger partial charge in [-0.15, -0.1) is 0 Å². The average Bonchev–Trinajstić information content (AvgIpc) is 2.75. The van der Waals surface area contributed by atoms with E-state index in [9.17, 15) is 20.1 Å². The van der Waals surface area contributed by atoms with E-state index in [0.29, 0.717) is 24.2 Å². The lowest BCUT2D eigenvalue weighted by Crippen LogP contribution is -2.64. The second-order valence-corrected chi connectivity index (χ2v) is 7.45. The Morgan fingerprint density at radius 2 is 1.57 bits per heavy atom. The highest BCUT2D eigenvalue weighted by Gasteiger charge is 2.77. The van der Waals surface area contributed by atoms with Gasteiger partial charge in [-0.3, -0.25) is 9.59 Å². The zero-order valence-corrected chi connectivity index (χ0v) is 17.8. The van der Waals surface area contributed by atoms with Crippen LogP contribution in [0.5, 0.6) is 5.75 Å². The van der Waals surface area contributed by atoms with E-state index in [4.69, 9.17) is 14.2 Å². The van der Waals surface area contributed by atoms with Crippen LogP contribution in [0, 0.1) is 33.5 Å². The molecule has 0 aliphatic heterocycles. The summed E-state index contributed by atoms with van der Waals surface area (Å²) in [5.41, 5.74) is -3.20. The number of carbonyl (C=O) groups excluding carboxylic acids is 2. The molecule has 0 N–H and O–H groups in total. The Bertz CT molecular complexity index is 839. The molecule has 0 saturated heterocycles. The van der Waals surface area contributed by atoms with E-state index < -0.39 is 28.7 Å². The van der Waals surface area contributed by atoms with Gasteiger partial charge in [0.25, 0.3) is 0 Å². The van der Waals surface area contributed by atoms with E-state index in [-0.39, 0.29) is 19.6 Å². The van der Waals surface area contributed by atoms with Gasteiger partial charge in [0.15, 0.2) is 10.8 Å². The molecule has 0 heterocycles. The first-order valence-corrected chi connectivity index (χ1v) is 10.3. The molecule has 160 valence electrons. The van der Waals surface area contributed by atoms with E-state index in [1.165, 1.54) is 7.11 Å². The van der Waals surface area contributed by atoms with Crippen LogP contribution in [0.3, 0.4) is 0 Å². The first-order chi connectivity index (χ1) is 14.5. The minimum Gasteiger partial charge on any atom is -0.497 e. The average molecular weight is 412 g/mol. The summed E-state index contributed by atoms with van der Waals surface area (Å²) in [7, 11) is 1.54. The zero-order chi connectivity index (χ0) is 22.2. The van der Waals surface area contributed by atoms with Crippen molar-refractivity contribution in [1.29, 1.82) is 10.5 Å². The quantitative estimate of drug-likeness (QED) is 0.423. The van der Waals surface area contributed by atoms with Crippen molar-refractivity contribution in [2.75, 3.05) is 20.3 Å². The van der Waals surface area contributed by atoms with Gasteiger partial charge in [0.05, 0.1) is 32.5 Å². The Labute approximate surface area is 177 Å². The van der Waals surface area contributed by atoms with Crippen molar-refractivity contribution >= 4 is 11.9 Å². The number of benzene rings is 1. The van der Waals surface area contributed by atoms with Gasteiger partial charge >= 0.3 is 11.9 Å². The molecule has 1 fully saturated rings. The fourth-order valence-electron chi connectivity index (χ4n) is 3.81. The Balaban J connectivity index is 2.46. The van der Waals surface area contributed by atoms with Crippen LogP contribution in [0.25, 0.3) is 0 Å². The van der Waals surface area contributed by atoms with E-state index in [0.717, 1.165) is 12.8 Å². The summed E-state index contributed by atoms with van der Waals surface area (Å²) < 4.78 is 15.8. The molecule has 2 rings (SSSR count). The Kier molecular flexibility index (Phi) is 7.83. The van der Waals surface area contributed by atoms with E-state index in [1.807, 2.05) is 26.0 Å². The molecule has 7 nitrogen and oxygen atoms in total. The molecule has 30 heavy (non-hydrogen) atoms. The molecule has 0 aromatic heterocycles. The van der Waals surface area contributed by atoms with Crippen molar-refractivity contribution in [3.05, 3.63) is 29.8 Å². The SMILES string of the molecule is CCCCOC(=O)[C@]1(C#N)CC(c2ccc(OC)cc2)[C@@]1(C#N)C(=O)OCCCC. The van der Waals surface area contributed by atoms with Crippen molar-refractivity contribution in [1.82, 2.24) is 0 Å². The molecule has 0 radical (unpaired) electrons. The van der Waals surface area contributed by atoms with Gasteiger partial charge in [-0.25, -0.2) is 0 Å². The van der Waals surface area contributed by atoms with E-state index >= 15 is 0 Å². The lowest BCUT2D eigenvalue weighted by Gasteiger charge is -2.52. The molecule has 1 aliphatic carbocycles. The topological polar surface area (TPSA) is 109 Å². The maximum atomic E-state index is 13.1. The number of carbonyl (C=O) groups is 2.